The van der Waals surface area contributed by atoms with Crippen molar-refractivity contribution in [3.8, 4) is 0 Å². The van der Waals surface area contributed by atoms with Crippen molar-refractivity contribution in [1.29, 1.82) is 0 Å². The van der Waals surface area contributed by atoms with Gasteiger partial charge in [0.25, 0.3) is 29.5 Å². The summed E-state index contributed by atoms with van der Waals surface area (Å²) in [5.74, 6) is -0.878. The summed E-state index contributed by atoms with van der Waals surface area (Å²) >= 11 is 19.3. The number of aromatic nitrogens is 5. The van der Waals surface area contributed by atoms with Gasteiger partial charge in [0.2, 0.25) is 5.52 Å². The van der Waals surface area contributed by atoms with Crippen molar-refractivity contribution >= 4 is 244 Å². The fourth-order valence-corrected chi connectivity index (χ4v) is 22.4. The Morgan fingerprint density at radius 1 is 0.419 bits per heavy atom. The Morgan fingerprint density at radius 2 is 0.742 bits per heavy atom. The van der Waals surface area contributed by atoms with Gasteiger partial charge in [-0.15, -0.1) is 56.7 Å². The van der Waals surface area contributed by atoms with Crippen molar-refractivity contribution in [2.75, 3.05) is 23.7 Å². The molecule has 5 atom stereocenters. The van der Waals surface area contributed by atoms with Crippen LogP contribution in [-0.2, 0) is 33.5 Å². The lowest BCUT2D eigenvalue weighted by molar-refractivity contribution is -0.576. The van der Waals surface area contributed by atoms with Crippen LogP contribution in [0.25, 0.3) is 105 Å². The number of imide groups is 3. The third kappa shape index (κ3) is 17.0. The van der Waals surface area contributed by atoms with Crippen molar-refractivity contribution in [3.63, 3.8) is 0 Å². The van der Waals surface area contributed by atoms with Crippen LogP contribution in [0.5, 0.6) is 0 Å². The van der Waals surface area contributed by atoms with E-state index in [0.29, 0.717) is 69.1 Å². The largest absolute Gasteiger partial charge is 0.618 e. The molecule has 0 fully saturated rings. The van der Waals surface area contributed by atoms with Gasteiger partial charge in [0.15, 0.2) is 6.20 Å². The van der Waals surface area contributed by atoms with E-state index in [-0.39, 0.29) is 59.7 Å². The number of aryl methyl sites for hydroxylation is 3. The van der Waals surface area contributed by atoms with E-state index in [1.165, 1.54) is 77.6 Å². The van der Waals surface area contributed by atoms with Crippen LogP contribution in [0, 0.1) is 5.21 Å². The van der Waals surface area contributed by atoms with Crippen LogP contribution < -0.4 is 26.0 Å². The molecule has 5 aliphatic heterocycles. The van der Waals surface area contributed by atoms with Crippen LogP contribution in [0.2, 0.25) is 10.3 Å². The number of hydrogen-bond donors (Lipinski definition) is 4. The van der Waals surface area contributed by atoms with Crippen LogP contribution in [0.4, 0.5) is 25.8 Å². The molecule has 31 heteroatoms. The quantitative estimate of drug-likeness (QED) is 0.0474. The second-order valence-electron chi connectivity index (χ2n) is 34.5. The number of fused-ring (bicyclic) bond motifs is 25. The van der Waals surface area contributed by atoms with Crippen LogP contribution >= 0.6 is 79.9 Å². The minimum absolute atomic E-state index is 0.00994. The minimum atomic E-state index is -0.676. The number of ether oxygens (including phenoxy) is 3. The van der Waals surface area contributed by atoms with E-state index in [9.17, 15) is 43.6 Å². The van der Waals surface area contributed by atoms with Crippen LogP contribution in [0.15, 0.2) is 140 Å². The summed E-state index contributed by atoms with van der Waals surface area (Å²) in [6, 6.07) is 38.1. The zero-order valence-corrected chi connectivity index (χ0v) is 76.2. The molecule has 24 nitrogen and oxygen atoms in total. The Bertz CT molecular complexity index is 6920. The molecule has 0 spiro atoms. The van der Waals surface area contributed by atoms with Crippen LogP contribution in [-0.4, -0.2) is 143 Å². The van der Waals surface area contributed by atoms with Gasteiger partial charge in [-0.1, -0.05) is 35.3 Å². The van der Waals surface area contributed by atoms with E-state index < -0.39 is 35.1 Å². The molecular weight excluding hydrogens is 1710 g/mol. The maximum Gasteiger partial charge on any atom is 0.417 e. The number of benzene rings is 5. The lowest BCUT2D eigenvalue weighted by atomic mass is 10.0. The number of hydrogen-bond acceptors (Lipinski definition) is 23. The molecule has 15 heterocycles. The second kappa shape index (κ2) is 34.0. The van der Waals surface area contributed by atoms with Gasteiger partial charge < -0.3 is 40.7 Å². The monoisotopic (exact) mass is 1800 g/mol. The van der Waals surface area contributed by atoms with Gasteiger partial charge in [-0.3, -0.25) is 33.9 Å². The molecule has 5 aromatic carbocycles. The molecule has 638 valence electrons. The van der Waals surface area contributed by atoms with E-state index in [0.717, 1.165) is 155 Å². The molecule has 0 aliphatic carbocycles. The van der Waals surface area contributed by atoms with E-state index in [4.69, 9.17) is 37.4 Å². The van der Waals surface area contributed by atoms with E-state index in [1.807, 2.05) is 146 Å². The summed E-state index contributed by atoms with van der Waals surface area (Å²) in [6.45, 7) is 27.3. The summed E-state index contributed by atoms with van der Waals surface area (Å²) < 4.78 is 22.5. The Labute approximate surface area is 743 Å². The minimum Gasteiger partial charge on any atom is -0.618 e. The normalized spacial score (nSPS) is 17.9. The van der Waals surface area contributed by atoms with Crippen molar-refractivity contribution in [3.05, 3.63) is 197 Å². The number of nitrogens with zero attached hydrogens (tertiary/aromatic N) is 8. The van der Waals surface area contributed by atoms with Crippen molar-refractivity contribution in [2.45, 2.75) is 182 Å². The maximum absolute atomic E-state index is 13.3. The molecule has 15 aromatic rings. The predicted octanol–water partition coefficient (Wildman–Crippen LogP) is 22.0. The Morgan fingerprint density at radius 3 is 1.13 bits per heavy atom. The smallest absolute Gasteiger partial charge is 0.417 e. The number of pyridine rings is 5. The van der Waals surface area contributed by atoms with Gasteiger partial charge in [0.1, 0.15) is 36.9 Å². The first-order valence-electron chi connectivity index (χ1n) is 40.9. The maximum atomic E-state index is 13.3. The van der Waals surface area contributed by atoms with Gasteiger partial charge in [-0.25, -0.2) is 39.1 Å². The summed E-state index contributed by atoms with van der Waals surface area (Å²) in [6.07, 6.45) is 7.41. The summed E-state index contributed by atoms with van der Waals surface area (Å²) in [5, 5.41) is 36.1. The third-order valence-corrected chi connectivity index (χ3v) is 28.1. The zero-order valence-electron chi connectivity index (χ0n) is 70.6. The first-order chi connectivity index (χ1) is 59.0. The fraction of sp³-hybridized carbons (Fsp3) is 0.323. The number of anilines is 2. The van der Waals surface area contributed by atoms with Crippen molar-refractivity contribution in [1.82, 2.24) is 45.3 Å². The molecule has 0 saturated carbocycles. The van der Waals surface area contributed by atoms with Crippen molar-refractivity contribution in [2.24, 2.45) is 0 Å². The number of carbonyl (C=O) groups is 8. The van der Waals surface area contributed by atoms with Crippen molar-refractivity contribution < 1.29 is 57.3 Å². The first kappa shape index (κ1) is 86.2. The molecule has 0 radical (unpaired) electrons. The molecule has 0 saturated heterocycles. The summed E-state index contributed by atoms with van der Waals surface area (Å²) in [5.41, 5.74) is 6.89. The Balaban J connectivity index is 0.000000115. The number of thiophene rings is 5. The van der Waals surface area contributed by atoms with Gasteiger partial charge in [-0.2, -0.15) is 4.73 Å². The van der Waals surface area contributed by atoms with Crippen LogP contribution in [0.3, 0.4) is 0 Å². The number of rotatable bonds is 0. The molecule has 0 unspecified atom stereocenters. The molecule has 4 N–H and O–H groups in total. The molecule has 5 aliphatic rings. The molecule has 10 aromatic heterocycles. The molecule has 20 rings (SSSR count). The highest BCUT2D eigenvalue weighted by molar-refractivity contribution is 7.23. The molecule has 0 bridgehead atoms. The molecule has 124 heavy (non-hydrogen) atoms. The number of amides is 8. The standard InChI is InChI=1S/C21H21ClN2O3S.C21H22N2O4S.C21H22N2O3S.C15H12ClN3OS.C15H13N3OS/c1-11-5-6-13-17-12-7-10-16(22)23-14(12)8-9-15(17)28-18(13)19(25)24(11)20(26)27-21(2,3)4;1-12-7-8-14-17-13-6-5-11-22(26)15(13)9-10-16(17)28-18(14)19(24)23(12)20(25)27-21(2,3)4;1-12-7-8-14-17-13-6-5-11-22-15(13)9-10-16(17)27-18(14)19(24)23(12)20(25)26-21(2,3)4;1-7-6-17-13-12-8-2-5-11(16)19-9(8)3-4-10(12)21-14(13)15(20)18-7;1-8-7-17-13-12-9-3-2-6-16-10(9)4-5-11(12)20-14(13)15(19)18-8/h7-11H,5-6H2,1-4H3;5-6,9-12H,7-8H2,1-4H3;5-6,9-12H,7-8H2,1-4H3;2-5,7,17H,6H2,1H3,(H,18,20);2-6,8,17H,7H2,1H3,(H,18,19)/t11-;2*12-;7-;8-/m11111/s1. The first-order valence-corrected chi connectivity index (χ1v) is 45.8. The number of nitrogens with one attached hydrogen (secondary N) is 4. The van der Waals surface area contributed by atoms with E-state index in [1.54, 1.807) is 78.2 Å². The fourth-order valence-electron chi connectivity index (χ4n) is 16.3. The summed E-state index contributed by atoms with van der Waals surface area (Å²) in [7, 11) is 0. The Kier molecular flexibility index (Phi) is 23.6. The molecule has 8 amide bonds. The summed E-state index contributed by atoms with van der Waals surface area (Å²) in [4.78, 5) is 127. The van der Waals surface area contributed by atoms with Gasteiger partial charge >= 0.3 is 18.3 Å². The number of carbonyl (C=O) groups excluding carboxylic acids is 8. The highest BCUT2D eigenvalue weighted by Gasteiger charge is 2.42. The third-order valence-electron chi connectivity index (χ3n) is 21.8. The highest BCUT2D eigenvalue weighted by atomic mass is 35.5. The molecular formula is C93H90Cl2N12O12S5. The van der Waals surface area contributed by atoms with E-state index in [2.05, 4.69) is 47.3 Å². The van der Waals surface area contributed by atoms with Gasteiger partial charge in [0, 0.05) is 140 Å². The lowest BCUT2D eigenvalue weighted by Gasteiger charge is -2.28. The topological polar surface area (TPSA) is 301 Å². The Hall–Kier alpha value is -11.3. The van der Waals surface area contributed by atoms with Gasteiger partial charge in [-0.05, 0) is 249 Å². The average molecular weight is 1800 g/mol. The predicted molar refractivity (Wildman–Crippen MR) is 498 cm³/mol. The second-order valence-corrected chi connectivity index (χ2v) is 40.5. The average Bonchev–Trinajstić information content (AvgIpc) is 1.61. The zero-order chi connectivity index (χ0) is 88.0. The SMILES string of the molecule is C[C@@H]1CCc2c(sc3ccc4c(ccc[n+]4[O-])c23)C(=O)N1C(=O)OC(C)(C)C.C[C@@H]1CCc2c(sc3ccc4nc(Cl)ccc4c23)C(=O)N1C(=O)OC(C)(C)C.C[C@@H]1CCc2c(sc3ccc4ncccc4c23)C(=O)N1C(=O)OC(C)(C)C.C[C@@H]1CNc2c(sc3ccc4nc(Cl)ccc4c23)C(=O)N1.C[C@@H]1CNc2c(sc3ccc4ncccc4c23)C(=O)N1. The number of halogens is 2. The lowest BCUT2D eigenvalue weighted by Crippen LogP contribution is -2.45. The van der Waals surface area contributed by atoms with Crippen LogP contribution in [0.1, 0.15) is 181 Å². The van der Waals surface area contributed by atoms with Gasteiger partial charge in [0.05, 0.1) is 53.5 Å². The van der Waals surface area contributed by atoms with E-state index >= 15 is 0 Å². The highest BCUT2D eigenvalue weighted by Crippen LogP contribution is 2.47.